The highest BCUT2D eigenvalue weighted by Gasteiger charge is 2.34. The van der Waals surface area contributed by atoms with Crippen LogP contribution < -0.4 is 9.80 Å². The zero-order valence-corrected chi connectivity index (χ0v) is 14.8. The molecule has 0 atom stereocenters. The predicted molar refractivity (Wildman–Crippen MR) is 93.3 cm³/mol. The summed E-state index contributed by atoms with van der Waals surface area (Å²) in [5, 5.41) is 10.7. The van der Waals surface area contributed by atoms with Gasteiger partial charge in [0.25, 0.3) is 5.69 Å². The molecule has 0 aliphatic carbocycles. The zero-order valence-electron chi connectivity index (χ0n) is 14.8. The highest BCUT2D eigenvalue weighted by atomic mass is 19.4. The summed E-state index contributed by atoms with van der Waals surface area (Å²) in [5.41, 5.74) is 0.907. The van der Waals surface area contributed by atoms with Gasteiger partial charge in [0.2, 0.25) is 0 Å². The second kappa shape index (κ2) is 8.06. The van der Waals surface area contributed by atoms with E-state index in [0.717, 1.165) is 49.3 Å². The molecule has 0 radical (unpaired) electrons. The molecule has 0 unspecified atom stereocenters. The molecule has 3 rings (SSSR count). The summed E-state index contributed by atoms with van der Waals surface area (Å²) in [7, 11) is 0. The number of nitrogens with one attached hydrogen (secondary N) is 2. The molecule has 1 saturated heterocycles. The van der Waals surface area contributed by atoms with Crippen molar-refractivity contribution in [3.8, 4) is 0 Å². The van der Waals surface area contributed by atoms with Gasteiger partial charge in [-0.1, -0.05) is 18.2 Å². The molecule has 5 nitrogen and oxygen atoms in total. The largest absolute Gasteiger partial charge is 0.416 e. The summed E-state index contributed by atoms with van der Waals surface area (Å²) < 4.78 is 39.4. The average Bonchev–Trinajstić information content (AvgIpc) is 2.63. The molecule has 1 aliphatic heterocycles. The molecule has 144 valence electrons. The molecule has 1 heterocycles. The standard InChI is InChI=1S/C19H20F3N3O2/c20-19(21,22)18-4-2-1-3-16(18)14-24-11-9-23(10-12-24)13-15-5-7-17(8-6-15)25(26)27/h1-8H,9-14H2/p+2. The van der Waals surface area contributed by atoms with Gasteiger partial charge in [0.15, 0.2) is 0 Å². The van der Waals surface area contributed by atoms with E-state index >= 15 is 0 Å². The Morgan fingerprint density at radius 3 is 2.00 bits per heavy atom. The molecular formula is C19H22F3N3O2+2. The van der Waals surface area contributed by atoms with E-state index < -0.39 is 16.7 Å². The number of hydrogen-bond donors (Lipinski definition) is 2. The van der Waals surface area contributed by atoms with Gasteiger partial charge in [0.05, 0.1) is 10.5 Å². The van der Waals surface area contributed by atoms with Crippen LogP contribution >= 0.6 is 0 Å². The lowest BCUT2D eigenvalue weighted by Gasteiger charge is -2.30. The van der Waals surface area contributed by atoms with E-state index in [1.54, 1.807) is 24.3 Å². The Balaban J connectivity index is 1.54. The fourth-order valence-electron chi connectivity index (χ4n) is 3.56. The second-order valence-electron chi connectivity index (χ2n) is 6.93. The summed E-state index contributed by atoms with van der Waals surface area (Å²) in [6.07, 6.45) is -4.32. The molecule has 27 heavy (non-hydrogen) atoms. The first kappa shape index (κ1) is 19.3. The summed E-state index contributed by atoms with van der Waals surface area (Å²) >= 11 is 0. The minimum absolute atomic E-state index is 0.0753. The molecule has 8 heteroatoms. The van der Waals surface area contributed by atoms with Crippen molar-refractivity contribution in [2.24, 2.45) is 0 Å². The number of nitrogens with zero attached hydrogens (tertiary/aromatic N) is 1. The van der Waals surface area contributed by atoms with Crippen LogP contribution in [0.1, 0.15) is 16.7 Å². The van der Waals surface area contributed by atoms with Gasteiger partial charge in [0, 0.05) is 23.3 Å². The number of hydrogen-bond acceptors (Lipinski definition) is 2. The number of nitro groups is 1. The van der Waals surface area contributed by atoms with Crippen LogP contribution in [0.4, 0.5) is 18.9 Å². The van der Waals surface area contributed by atoms with E-state index in [-0.39, 0.29) is 5.69 Å². The van der Waals surface area contributed by atoms with Crippen molar-refractivity contribution in [1.82, 2.24) is 0 Å². The number of non-ortho nitro benzene ring substituents is 1. The third kappa shape index (κ3) is 5.05. The van der Waals surface area contributed by atoms with E-state index in [2.05, 4.69) is 0 Å². The third-order valence-electron chi connectivity index (χ3n) is 5.03. The Morgan fingerprint density at radius 1 is 0.889 bits per heavy atom. The highest BCUT2D eigenvalue weighted by Crippen LogP contribution is 2.31. The Labute approximate surface area is 155 Å². The van der Waals surface area contributed by atoms with Gasteiger partial charge in [-0.25, -0.2) is 0 Å². The van der Waals surface area contributed by atoms with Crippen LogP contribution in [0, 0.1) is 10.1 Å². The molecule has 2 aromatic rings. The van der Waals surface area contributed by atoms with Gasteiger partial charge in [0.1, 0.15) is 39.3 Å². The van der Waals surface area contributed by atoms with E-state index in [1.165, 1.54) is 23.1 Å². The van der Waals surface area contributed by atoms with Crippen LogP contribution in [0.15, 0.2) is 48.5 Å². The first-order valence-electron chi connectivity index (χ1n) is 8.88. The van der Waals surface area contributed by atoms with E-state index in [0.29, 0.717) is 12.1 Å². The summed E-state index contributed by atoms with van der Waals surface area (Å²) in [4.78, 5) is 12.8. The minimum atomic E-state index is -4.32. The lowest BCUT2D eigenvalue weighted by atomic mass is 10.1. The van der Waals surface area contributed by atoms with Crippen LogP contribution in [-0.2, 0) is 19.3 Å². The van der Waals surface area contributed by atoms with Crippen molar-refractivity contribution in [1.29, 1.82) is 0 Å². The van der Waals surface area contributed by atoms with Gasteiger partial charge in [-0.3, -0.25) is 10.1 Å². The van der Waals surface area contributed by atoms with Crippen LogP contribution in [-0.4, -0.2) is 31.1 Å². The molecular weight excluding hydrogens is 359 g/mol. The number of quaternary nitrogens is 2. The normalized spacial score (nSPS) is 20.4. The maximum atomic E-state index is 13.1. The van der Waals surface area contributed by atoms with Crippen molar-refractivity contribution < 1.29 is 27.9 Å². The molecule has 0 amide bonds. The molecule has 0 saturated carbocycles. The van der Waals surface area contributed by atoms with Crippen LogP contribution in [0.3, 0.4) is 0 Å². The van der Waals surface area contributed by atoms with Crippen LogP contribution in [0.25, 0.3) is 0 Å². The molecule has 2 N–H and O–H groups in total. The first-order valence-corrected chi connectivity index (χ1v) is 8.88. The Morgan fingerprint density at radius 2 is 1.44 bits per heavy atom. The molecule has 0 aromatic heterocycles. The molecule has 1 fully saturated rings. The first-order chi connectivity index (χ1) is 12.8. The second-order valence-corrected chi connectivity index (χ2v) is 6.93. The number of piperazine rings is 1. The van der Waals surface area contributed by atoms with Crippen LogP contribution in [0.2, 0.25) is 0 Å². The van der Waals surface area contributed by atoms with Crippen molar-refractivity contribution in [2.45, 2.75) is 19.3 Å². The van der Waals surface area contributed by atoms with Crippen molar-refractivity contribution in [3.63, 3.8) is 0 Å². The van der Waals surface area contributed by atoms with Crippen molar-refractivity contribution in [2.75, 3.05) is 26.2 Å². The fraction of sp³-hybridized carbons (Fsp3) is 0.368. The van der Waals surface area contributed by atoms with Crippen LogP contribution in [0.5, 0.6) is 0 Å². The average molecular weight is 381 g/mol. The topological polar surface area (TPSA) is 52.0 Å². The smallest absolute Gasteiger partial charge is 0.322 e. The monoisotopic (exact) mass is 381 g/mol. The van der Waals surface area contributed by atoms with E-state index in [9.17, 15) is 23.3 Å². The van der Waals surface area contributed by atoms with Crippen molar-refractivity contribution in [3.05, 3.63) is 75.3 Å². The Bertz CT molecular complexity index is 786. The van der Waals surface area contributed by atoms with Gasteiger partial charge >= 0.3 is 6.18 Å². The Hall–Kier alpha value is -2.45. The lowest BCUT2D eigenvalue weighted by Crippen LogP contribution is -3.27. The number of alkyl halides is 3. The molecule has 0 spiro atoms. The van der Waals surface area contributed by atoms with Gasteiger partial charge < -0.3 is 9.80 Å². The fourth-order valence-corrected chi connectivity index (χ4v) is 3.56. The number of benzene rings is 2. The summed E-state index contributed by atoms with van der Waals surface area (Å²) in [6.45, 7) is 4.47. The zero-order chi connectivity index (χ0) is 19.4. The van der Waals surface area contributed by atoms with Gasteiger partial charge in [-0.15, -0.1) is 0 Å². The SMILES string of the molecule is O=[N+]([O-])c1ccc(C[NH+]2CC[NH+](Cc3ccccc3C(F)(F)F)CC2)cc1. The molecule has 1 aliphatic rings. The lowest BCUT2D eigenvalue weighted by molar-refractivity contribution is -1.02. The number of halogens is 3. The Kier molecular flexibility index (Phi) is 5.76. The highest BCUT2D eigenvalue weighted by molar-refractivity contribution is 5.32. The quantitative estimate of drug-likeness (QED) is 0.602. The molecule has 2 aromatic carbocycles. The maximum Gasteiger partial charge on any atom is 0.416 e. The maximum absolute atomic E-state index is 13.1. The van der Waals surface area contributed by atoms with Crippen molar-refractivity contribution >= 4 is 5.69 Å². The van der Waals surface area contributed by atoms with Gasteiger partial charge in [-0.2, -0.15) is 13.2 Å². The number of nitro benzene ring substituents is 1. The van der Waals surface area contributed by atoms with E-state index in [4.69, 9.17) is 0 Å². The third-order valence-corrected chi connectivity index (χ3v) is 5.03. The number of rotatable bonds is 5. The van der Waals surface area contributed by atoms with Gasteiger partial charge in [-0.05, 0) is 18.2 Å². The summed E-state index contributed by atoms with van der Waals surface area (Å²) in [6, 6.07) is 12.3. The minimum Gasteiger partial charge on any atom is -0.322 e. The molecule has 0 bridgehead atoms. The predicted octanol–water partition coefficient (Wildman–Crippen LogP) is 1.10. The summed E-state index contributed by atoms with van der Waals surface area (Å²) in [5.74, 6) is 0. The van der Waals surface area contributed by atoms with E-state index in [1.807, 2.05) is 0 Å².